The molecule has 0 unspecified atom stereocenters. The number of aromatic nitrogens is 4. The van der Waals surface area contributed by atoms with E-state index in [-0.39, 0.29) is 11.7 Å². The Morgan fingerprint density at radius 3 is 1.63 bits per heavy atom. The molecule has 210 valence electrons. The van der Waals surface area contributed by atoms with Crippen LogP contribution in [0.25, 0.3) is 22.1 Å². The van der Waals surface area contributed by atoms with Gasteiger partial charge in [0.25, 0.3) is 23.1 Å². The summed E-state index contributed by atoms with van der Waals surface area (Å²) < 4.78 is 2.95. The lowest BCUT2D eigenvalue weighted by atomic mass is 9.71. The molecule has 0 radical (unpaired) electrons. The van der Waals surface area contributed by atoms with Crippen molar-refractivity contribution in [2.75, 3.05) is 6.67 Å². The largest absolute Gasteiger partial charge is 0.275 e. The number of para-hydroxylation sites is 4. The average molecular weight is 557 g/mol. The highest BCUT2D eigenvalue weighted by Gasteiger charge is 2.76. The van der Waals surface area contributed by atoms with Crippen molar-refractivity contribution in [1.82, 2.24) is 28.9 Å². The molecule has 4 aromatic rings. The smallest absolute Gasteiger partial charge is 0.265 e. The van der Waals surface area contributed by atoms with Crippen LogP contribution < -0.4 is 0 Å². The lowest BCUT2D eigenvalue weighted by Gasteiger charge is -2.49. The number of rotatable bonds is 2. The van der Waals surface area contributed by atoms with Crippen molar-refractivity contribution >= 4 is 57.5 Å². The molecule has 0 aliphatic carbocycles. The average Bonchev–Trinajstić information content (AvgIpc) is 3.50. The van der Waals surface area contributed by atoms with Crippen molar-refractivity contribution in [3.05, 3.63) is 60.2 Å². The van der Waals surface area contributed by atoms with Crippen LogP contribution in [0.3, 0.4) is 0 Å². The highest BCUT2D eigenvalue weighted by Crippen LogP contribution is 2.47. The molecule has 2 aromatic heterocycles. The maximum absolute atomic E-state index is 12.6. The zero-order chi connectivity index (χ0) is 30.0. The minimum Gasteiger partial charge on any atom is -0.275 e. The first kappa shape index (κ1) is 27.6. The van der Waals surface area contributed by atoms with E-state index in [2.05, 4.69) is 9.97 Å². The molecular weight excluding hydrogens is 528 g/mol. The number of benzene rings is 2. The number of amides is 4. The van der Waals surface area contributed by atoms with Gasteiger partial charge in [-0.3, -0.25) is 47.7 Å². The molecule has 4 amide bonds. The molecule has 0 atom stereocenters. The molecule has 0 bridgehead atoms. The molecule has 12 heteroatoms. The number of fused-ring (bicyclic) bond motifs is 7. The van der Waals surface area contributed by atoms with Gasteiger partial charge in [-0.1, -0.05) is 38.1 Å². The summed E-state index contributed by atoms with van der Waals surface area (Å²) in [4.78, 5) is 82.6. The summed E-state index contributed by atoms with van der Waals surface area (Å²) in [6.45, 7) is 9.63. The van der Waals surface area contributed by atoms with Crippen molar-refractivity contribution in [2.45, 2.75) is 52.4 Å². The fraction of sp³-hybridized carbons (Fsp3) is 0.310. The van der Waals surface area contributed by atoms with E-state index in [1.165, 1.54) is 4.57 Å². The van der Waals surface area contributed by atoms with Gasteiger partial charge in [-0.25, -0.2) is 9.97 Å². The summed E-state index contributed by atoms with van der Waals surface area (Å²) in [6, 6.07) is 14.5. The molecule has 2 aromatic carbocycles. The number of hydrogen-bond acceptors (Lipinski definition) is 8. The molecule has 0 saturated carbocycles. The van der Waals surface area contributed by atoms with Crippen molar-refractivity contribution in [3.8, 4) is 0 Å². The third-order valence-corrected chi connectivity index (χ3v) is 7.45. The Kier molecular flexibility index (Phi) is 6.24. The van der Waals surface area contributed by atoms with Crippen LogP contribution in [-0.2, 0) is 30.0 Å². The predicted molar refractivity (Wildman–Crippen MR) is 147 cm³/mol. The number of carbonyl (C=O) groups excluding carboxylic acids is 6. The van der Waals surface area contributed by atoms with Crippen LogP contribution >= 0.6 is 0 Å². The van der Waals surface area contributed by atoms with Gasteiger partial charge < -0.3 is 0 Å². The highest BCUT2D eigenvalue weighted by atomic mass is 16.2. The number of nitrogens with zero attached hydrogens (tertiary/aromatic N) is 6. The van der Waals surface area contributed by atoms with Crippen molar-refractivity contribution < 1.29 is 28.8 Å². The van der Waals surface area contributed by atoms with E-state index in [4.69, 9.17) is 0 Å². The van der Waals surface area contributed by atoms with Gasteiger partial charge in [0.05, 0.1) is 22.1 Å². The summed E-state index contributed by atoms with van der Waals surface area (Å²) in [5.41, 5.74) is 0.530. The molecule has 0 N–H and O–H groups in total. The fourth-order valence-corrected chi connectivity index (χ4v) is 5.27. The first-order chi connectivity index (χ1) is 19.4. The van der Waals surface area contributed by atoms with Crippen LogP contribution in [0.4, 0.5) is 0 Å². The molecule has 41 heavy (non-hydrogen) atoms. The number of imidazole rings is 2. The maximum Gasteiger partial charge on any atom is 0.265 e. The molecule has 1 saturated heterocycles. The van der Waals surface area contributed by atoms with E-state index < -0.39 is 47.0 Å². The minimum absolute atomic E-state index is 0.0853. The van der Waals surface area contributed by atoms with Crippen molar-refractivity contribution in [3.63, 3.8) is 0 Å². The van der Waals surface area contributed by atoms with Crippen LogP contribution in [0.15, 0.2) is 48.5 Å². The molecule has 1 spiro atoms. The summed E-state index contributed by atoms with van der Waals surface area (Å²) in [7, 11) is 0. The second kappa shape index (κ2) is 9.29. The zero-order valence-electron chi connectivity index (χ0n) is 23.5. The van der Waals surface area contributed by atoms with E-state index in [9.17, 15) is 28.8 Å². The van der Waals surface area contributed by atoms with Gasteiger partial charge in [-0.2, -0.15) is 0 Å². The van der Waals surface area contributed by atoms with Gasteiger partial charge in [-0.15, -0.1) is 0 Å². The molecule has 3 aliphatic heterocycles. The van der Waals surface area contributed by atoms with E-state index in [1.807, 2.05) is 52.0 Å². The summed E-state index contributed by atoms with van der Waals surface area (Å²) in [5, 5.41) is 0. The normalized spacial score (nSPS) is 16.9. The Bertz CT molecular complexity index is 1800. The number of imide groups is 2. The van der Waals surface area contributed by atoms with Gasteiger partial charge in [0.1, 0.15) is 17.9 Å². The van der Waals surface area contributed by atoms with Crippen LogP contribution in [0, 0.1) is 0 Å². The lowest BCUT2D eigenvalue weighted by Crippen LogP contribution is -2.79. The van der Waals surface area contributed by atoms with Crippen LogP contribution in [0.2, 0.25) is 0 Å². The van der Waals surface area contributed by atoms with Crippen LogP contribution in [0.1, 0.15) is 62.8 Å². The Balaban J connectivity index is 0.000000178. The second-order valence-corrected chi connectivity index (χ2v) is 10.2. The number of likely N-dealkylation sites (tertiary alicyclic amines) is 1. The Morgan fingerprint density at radius 2 is 1.15 bits per heavy atom. The summed E-state index contributed by atoms with van der Waals surface area (Å²) in [5.74, 6) is -2.27. The molecule has 7 rings (SSSR count). The van der Waals surface area contributed by atoms with E-state index in [1.54, 1.807) is 28.8 Å². The van der Waals surface area contributed by atoms with E-state index in [0.29, 0.717) is 11.0 Å². The summed E-state index contributed by atoms with van der Waals surface area (Å²) in [6.07, 6.45) is 0. The van der Waals surface area contributed by atoms with Gasteiger partial charge in [0.2, 0.25) is 17.7 Å². The fourth-order valence-electron chi connectivity index (χ4n) is 5.27. The van der Waals surface area contributed by atoms with E-state index >= 15 is 0 Å². The van der Waals surface area contributed by atoms with Crippen LogP contribution in [-0.4, -0.2) is 71.0 Å². The van der Waals surface area contributed by atoms with Gasteiger partial charge >= 0.3 is 0 Å². The number of β-lactam (4-membered cyclic amide) rings is 2. The van der Waals surface area contributed by atoms with Crippen LogP contribution in [0.5, 0.6) is 0 Å². The monoisotopic (exact) mass is 556 g/mol. The standard InChI is InChI=1S/C16H12N4O5.C11H10N2O.C2H6/c1-8(21)18(9(2)22)7-19-13(23)16(14(19)24)12-17-10-5-3-4-6-11(10)20(12)15(16)25;1-11(2)9-12-7-5-3-4-6-8(7)13(9)10(11)14;1-2/h3-6H,7H2,1-2H3;3-6H,1-2H3;1-2H3. The molecular formula is C29H28N6O6. The van der Waals surface area contributed by atoms with Gasteiger partial charge in [0, 0.05) is 13.8 Å². The summed E-state index contributed by atoms with van der Waals surface area (Å²) >= 11 is 0. The third kappa shape index (κ3) is 3.46. The first-order valence-electron chi connectivity index (χ1n) is 13.1. The zero-order valence-corrected chi connectivity index (χ0v) is 23.5. The molecule has 3 aliphatic rings. The third-order valence-electron chi connectivity index (χ3n) is 7.45. The number of carbonyl (C=O) groups is 6. The van der Waals surface area contributed by atoms with Gasteiger partial charge in [-0.05, 0) is 38.1 Å². The molecule has 5 heterocycles. The van der Waals surface area contributed by atoms with Crippen molar-refractivity contribution in [1.29, 1.82) is 0 Å². The Labute approximate surface area is 234 Å². The topological polar surface area (TPSA) is 145 Å². The highest BCUT2D eigenvalue weighted by molar-refractivity contribution is 6.43. The minimum atomic E-state index is -1.93. The molecule has 1 fully saturated rings. The van der Waals surface area contributed by atoms with Gasteiger partial charge in [0.15, 0.2) is 5.82 Å². The first-order valence-corrected chi connectivity index (χ1v) is 13.1. The maximum atomic E-state index is 12.6. The van der Waals surface area contributed by atoms with Crippen molar-refractivity contribution in [2.24, 2.45) is 0 Å². The predicted octanol–water partition coefficient (Wildman–Crippen LogP) is 2.64. The lowest BCUT2D eigenvalue weighted by molar-refractivity contribution is -0.172. The Morgan fingerprint density at radius 1 is 0.707 bits per heavy atom. The SMILES string of the molecule is CC.CC(=O)N(CN1C(=O)C2(C1=O)C(=O)n1c2nc2ccccc21)C(C)=O.CC1(C)C(=O)n2c1nc1ccccc12. The number of hydrogen-bond donors (Lipinski definition) is 0. The second-order valence-electron chi connectivity index (χ2n) is 10.2. The molecule has 12 nitrogen and oxygen atoms in total. The quantitative estimate of drug-likeness (QED) is 0.271. The van der Waals surface area contributed by atoms with E-state index in [0.717, 1.165) is 40.5 Å². The Hall–Kier alpha value is -5.00.